The number of nitrogens with two attached hydrogens (primary N) is 1. The first-order valence-electron chi connectivity index (χ1n) is 9.64. The van der Waals surface area contributed by atoms with Crippen LogP contribution in [0, 0.1) is 0 Å². The van der Waals surface area contributed by atoms with Crippen LogP contribution in [0.4, 0.5) is 0 Å². The molecule has 1 atom stereocenters. The molecule has 0 heterocycles. The maximum absolute atomic E-state index is 11.8. The second kappa shape index (κ2) is 9.48. The van der Waals surface area contributed by atoms with Crippen LogP contribution in [0.25, 0.3) is 0 Å². The molecule has 0 bridgehead atoms. The second-order valence-electron chi connectivity index (χ2n) is 7.11. The molecule has 3 rings (SSSR count). The lowest BCUT2D eigenvalue weighted by molar-refractivity contribution is -0.146. The standard InChI is InChI=1S/C25H25NO2S/c1-19(27)28-23(17-24(26)29)18-25(20-11-5-2-6-12-20,21-13-7-3-8-14-21)22-15-9-4-10-16-22/h2-16,23H,17-18H2,1H3,(H2,26,29). The molecule has 0 fully saturated rings. The van der Waals surface area contributed by atoms with Crippen molar-refractivity contribution < 1.29 is 9.53 Å². The Kier molecular flexibility index (Phi) is 6.78. The zero-order chi connectivity index (χ0) is 20.7. The topological polar surface area (TPSA) is 52.3 Å². The highest BCUT2D eigenvalue weighted by Gasteiger charge is 2.39. The summed E-state index contributed by atoms with van der Waals surface area (Å²) >= 11 is 5.15. The van der Waals surface area contributed by atoms with Crippen molar-refractivity contribution in [2.24, 2.45) is 5.73 Å². The normalized spacial score (nSPS) is 12.2. The van der Waals surface area contributed by atoms with Crippen LogP contribution in [-0.4, -0.2) is 17.1 Å². The third-order valence-electron chi connectivity index (χ3n) is 5.10. The van der Waals surface area contributed by atoms with E-state index in [1.54, 1.807) is 0 Å². The fraction of sp³-hybridized carbons (Fsp3) is 0.200. The van der Waals surface area contributed by atoms with Crippen LogP contribution >= 0.6 is 12.2 Å². The lowest BCUT2D eigenvalue weighted by atomic mass is 9.66. The number of esters is 1. The van der Waals surface area contributed by atoms with Crippen molar-refractivity contribution in [3.05, 3.63) is 108 Å². The molecule has 148 valence electrons. The number of carbonyl (C=O) groups excluding carboxylic acids is 1. The molecule has 3 aromatic rings. The zero-order valence-corrected chi connectivity index (χ0v) is 17.3. The first kappa shape index (κ1) is 20.7. The Hall–Kier alpha value is -2.98. The van der Waals surface area contributed by atoms with E-state index in [0.29, 0.717) is 17.8 Å². The summed E-state index contributed by atoms with van der Waals surface area (Å²) in [6, 6.07) is 30.9. The number of benzene rings is 3. The number of thiocarbonyl (C=S) groups is 1. The van der Waals surface area contributed by atoms with Crippen molar-refractivity contribution in [3.63, 3.8) is 0 Å². The van der Waals surface area contributed by atoms with Gasteiger partial charge in [-0.1, -0.05) is 103 Å². The first-order valence-corrected chi connectivity index (χ1v) is 10.1. The lowest BCUT2D eigenvalue weighted by Gasteiger charge is -2.38. The summed E-state index contributed by atoms with van der Waals surface area (Å²) in [6.45, 7) is 1.42. The molecule has 0 aromatic heterocycles. The van der Waals surface area contributed by atoms with E-state index >= 15 is 0 Å². The van der Waals surface area contributed by atoms with Gasteiger partial charge in [0.1, 0.15) is 6.10 Å². The predicted molar refractivity (Wildman–Crippen MR) is 121 cm³/mol. The van der Waals surface area contributed by atoms with Crippen LogP contribution < -0.4 is 5.73 Å². The molecule has 0 radical (unpaired) electrons. The summed E-state index contributed by atoms with van der Waals surface area (Å²) in [4.78, 5) is 12.2. The van der Waals surface area contributed by atoms with Gasteiger partial charge in [0.25, 0.3) is 0 Å². The average Bonchev–Trinajstić information content (AvgIpc) is 2.73. The van der Waals surface area contributed by atoms with Gasteiger partial charge in [-0.15, -0.1) is 0 Å². The molecular weight excluding hydrogens is 378 g/mol. The second-order valence-corrected chi connectivity index (χ2v) is 7.63. The van der Waals surface area contributed by atoms with Gasteiger partial charge >= 0.3 is 5.97 Å². The molecule has 0 aliphatic carbocycles. The van der Waals surface area contributed by atoms with E-state index in [9.17, 15) is 4.79 Å². The molecule has 3 aromatic carbocycles. The summed E-state index contributed by atoms with van der Waals surface area (Å²) in [7, 11) is 0. The van der Waals surface area contributed by atoms with E-state index in [0.717, 1.165) is 16.7 Å². The highest BCUT2D eigenvalue weighted by atomic mass is 32.1. The molecule has 4 heteroatoms. The molecule has 0 aliphatic heterocycles. The van der Waals surface area contributed by atoms with Crippen LogP contribution in [-0.2, 0) is 14.9 Å². The van der Waals surface area contributed by atoms with Crippen LogP contribution in [0.1, 0.15) is 36.5 Å². The summed E-state index contributed by atoms with van der Waals surface area (Å²) in [5.74, 6) is -0.339. The number of hydrogen-bond donors (Lipinski definition) is 1. The van der Waals surface area contributed by atoms with E-state index < -0.39 is 11.5 Å². The Balaban J connectivity index is 2.24. The monoisotopic (exact) mass is 403 g/mol. The molecule has 29 heavy (non-hydrogen) atoms. The SMILES string of the molecule is CC(=O)OC(CC(N)=S)CC(c1ccccc1)(c1ccccc1)c1ccccc1. The van der Waals surface area contributed by atoms with Crippen molar-refractivity contribution in [2.75, 3.05) is 0 Å². The number of carbonyl (C=O) groups is 1. The van der Waals surface area contributed by atoms with Crippen LogP contribution in [0.5, 0.6) is 0 Å². The van der Waals surface area contributed by atoms with Gasteiger partial charge in [0, 0.05) is 25.2 Å². The van der Waals surface area contributed by atoms with Gasteiger partial charge in [0.2, 0.25) is 0 Å². The zero-order valence-electron chi connectivity index (χ0n) is 16.5. The quantitative estimate of drug-likeness (QED) is 0.326. The Morgan fingerprint density at radius 2 is 1.24 bits per heavy atom. The van der Waals surface area contributed by atoms with E-state index in [2.05, 4.69) is 36.4 Å². The van der Waals surface area contributed by atoms with E-state index in [4.69, 9.17) is 22.7 Å². The molecule has 0 saturated carbocycles. The van der Waals surface area contributed by atoms with Crippen molar-refractivity contribution in [2.45, 2.75) is 31.3 Å². The maximum Gasteiger partial charge on any atom is 0.302 e. The molecule has 0 amide bonds. The van der Waals surface area contributed by atoms with Gasteiger partial charge in [0.05, 0.1) is 4.99 Å². The van der Waals surface area contributed by atoms with Gasteiger partial charge < -0.3 is 10.5 Å². The fourth-order valence-corrected chi connectivity index (χ4v) is 4.16. The molecule has 2 N–H and O–H groups in total. The summed E-state index contributed by atoms with van der Waals surface area (Å²) in [5, 5.41) is 0. The van der Waals surface area contributed by atoms with Gasteiger partial charge in [-0.2, -0.15) is 0 Å². The van der Waals surface area contributed by atoms with Gasteiger partial charge in [-0.3, -0.25) is 4.79 Å². The van der Waals surface area contributed by atoms with Crippen LogP contribution in [0.2, 0.25) is 0 Å². The van der Waals surface area contributed by atoms with Crippen LogP contribution in [0.15, 0.2) is 91.0 Å². The molecular formula is C25H25NO2S. The molecule has 3 nitrogen and oxygen atoms in total. The van der Waals surface area contributed by atoms with E-state index in [1.807, 2.05) is 54.6 Å². The lowest BCUT2D eigenvalue weighted by Crippen LogP contribution is -2.37. The molecule has 0 aliphatic rings. The van der Waals surface area contributed by atoms with Crippen molar-refractivity contribution in [1.29, 1.82) is 0 Å². The summed E-state index contributed by atoms with van der Waals surface area (Å²) < 4.78 is 5.67. The fourth-order valence-electron chi connectivity index (χ4n) is 3.98. The largest absolute Gasteiger partial charge is 0.462 e. The average molecular weight is 404 g/mol. The van der Waals surface area contributed by atoms with Crippen molar-refractivity contribution >= 4 is 23.2 Å². The number of ether oxygens (including phenoxy) is 1. The van der Waals surface area contributed by atoms with E-state index in [-0.39, 0.29) is 5.97 Å². The highest BCUT2D eigenvalue weighted by Crippen LogP contribution is 2.43. The first-order chi connectivity index (χ1) is 14.0. The van der Waals surface area contributed by atoms with Gasteiger partial charge in [-0.25, -0.2) is 0 Å². The Morgan fingerprint density at radius 3 is 1.55 bits per heavy atom. The molecule has 1 unspecified atom stereocenters. The maximum atomic E-state index is 11.8. The Labute approximate surface area is 177 Å². The summed E-state index contributed by atoms with van der Waals surface area (Å²) in [6.07, 6.45) is 0.427. The molecule has 0 spiro atoms. The number of rotatable bonds is 8. The predicted octanol–water partition coefficient (Wildman–Crippen LogP) is 5.02. The smallest absolute Gasteiger partial charge is 0.302 e. The van der Waals surface area contributed by atoms with Crippen LogP contribution in [0.3, 0.4) is 0 Å². The van der Waals surface area contributed by atoms with Gasteiger partial charge in [-0.05, 0) is 16.7 Å². The third kappa shape index (κ3) is 4.90. The minimum atomic E-state index is -0.519. The van der Waals surface area contributed by atoms with E-state index in [1.165, 1.54) is 6.92 Å². The van der Waals surface area contributed by atoms with Crippen molar-refractivity contribution in [3.8, 4) is 0 Å². The van der Waals surface area contributed by atoms with Gasteiger partial charge in [0.15, 0.2) is 0 Å². The minimum Gasteiger partial charge on any atom is -0.462 e. The Morgan fingerprint density at radius 1 is 0.862 bits per heavy atom. The highest BCUT2D eigenvalue weighted by molar-refractivity contribution is 7.80. The Bertz CT molecular complexity index is 830. The minimum absolute atomic E-state index is 0.333. The number of hydrogen-bond acceptors (Lipinski definition) is 3. The van der Waals surface area contributed by atoms with Crippen molar-refractivity contribution in [1.82, 2.24) is 0 Å². The molecule has 0 saturated heterocycles. The summed E-state index contributed by atoms with van der Waals surface area (Å²) in [5.41, 5.74) is 8.69. The third-order valence-corrected chi connectivity index (χ3v) is 5.26.